The van der Waals surface area contributed by atoms with E-state index in [1.807, 2.05) is 39.8 Å². The lowest BCUT2D eigenvalue weighted by molar-refractivity contribution is -0.136. The van der Waals surface area contributed by atoms with Crippen molar-refractivity contribution in [2.45, 2.75) is 65.5 Å². The minimum Gasteiger partial charge on any atom is -0.489 e. The Kier molecular flexibility index (Phi) is 6.57. The van der Waals surface area contributed by atoms with Crippen molar-refractivity contribution in [2.75, 3.05) is 12.0 Å². The Hall–Kier alpha value is -2.64. The van der Waals surface area contributed by atoms with E-state index in [0.29, 0.717) is 24.2 Å². The van der Waals surface area contributed by atoms with Gasteiger partial charge in [-0.3, -0.25) is 4.79 Å². The molecule has 2 N–H and O–H groups in total. The van der Waals surface area contributed by atoms with Crippen LogP contribution in [0, 0.1) is 19.7 Å². The summed E-state index contributed by atoms with van der Waals surface area (Å²) in [6, 6.07) is 6.63. The van der Waals surface area contributed by atoms with Crippen LogP contribution in [-0.2, 0) is 29.0 Å². The van der Waals surface area contributed by atoms with Gasteiger partial charge >= 0.3 is 5.97 Å². The summed E-state index contributed by atoms with van der Waals surface area (Å²) in [7, 11) is 1.43. The van der Waals surface area contributed by atoms with Gasteiger partial charge in [0.25, 0.3) is 0 Å². The van der Waals surface area contributed by atoms with E-state index in [1.165, 1.54) is 19.2 Å². The van der Waals surface area contributed by atoms with Crippen LogP contribution in [0.1, 0.15) is 48.1 Å². The number of hydrogen-bond donors (Lipinski definition) is 2. The Morgan fingerprint density at radius 3 is 2.58 bits per heavy atom. The number of nitrogens with zero attached hydrogens (tertiary/aromatic N) is 1. The van der Waals surface area contributed by atoms with Crippen molar-refractivity contribution < 1.29 is 28.9 Å². The maximum absolute atomic E-state index is 14.3. The molecule has 1 aliphatic rings. The molecule has 0 bridgehead atoms. The number of aryl methyl sites for hydroxylation is 1. The molecule has 2 aromatic carbocycles. The number of halogens is 1. The molecule has 1 atom stereocenters. The van der Waals surface area contributed by atoms with E-state index >= 15 is 0 Å². The van der Waals surface area contributed by atoms with Gasteiger partial charge < -0.3 is 24.6 Å². The molecule has 1 unspecified atom stereocenters. The molecule has 2 aromatic rings. The average Bonchev–Trinajstić information content (AvgIpc) is 2.96. The summed E-state index contributed by atoms with van der Waals surface area (Å²) >= 11 is 0. The first-order valence-electron chi connectivity index (χ1n) is 10.3. The molecule has 0 fully saturated rings. The maximum atomic E-state index is 14.3. The molecule has 0 saturated heterocycles. The molecule has 1 aliphatic heterocycles. The number of carboxylic acid groups (broad SMARTS) is 1. The monoisotopic (exact) mass is 431 g/mol. The number of anilines is 1. The van der Waals surface area contributed by atoms with Crippen LogP contribution in [0.25, 0.3) is 0 Å². The second kappa shape index (κ2) is 8.85. The van der Waals surface area contributed by atoms with Crippen molar-refractivity contribution >= 4 is 11.7 Å². The number of aliphatic carboxylic acids is 1. The molecule has 31 heavy (non-hydrogen) atoms. The Morgan fingerprint density at radius 2 is 1.94 bits per heavy atom. The second-order valence-corrected chi connectivity index (χ2v) is 8.65. The number of benzene rings is 2. The minimum absolute atomic E-state index is 0.0728. The molecule has 0 amide bonds. The third-order valence-electron chi connectivity index (χ3n) is 6.02. The fourth-order valence-electron chi connectivity index (χ4n) is 4.32. The highest BCUT2D eigenvalue weighted by Gasteiger charge is 2.41. The smallest absolute Gasteiger partial charge is 0.303 e. The van der Waals surface area contributed by atoms with Gasteiger partial charge in [-0.25, -0.2) is 4.39 Å². The highest BCUT2D eigenvalue weighted by molar-refractivity contribution is 5.67. The van der Waals surface area contributed by atoms with Gasteiger partial charge in [0, 0.05) is 24.6 Å². The molecule has 168 valence electrons. The van der Waals surface area contributed by atoms with Crippen LogP contribution in [0.3, 0.4) is 0 Å². The minimum atomic E-state index is -1.15. The molecule has 6 nitrogen and oxygen atoms in total. The fraction of sp³-hybridized carbons (Fsp3) is 0.458. The van der Waals surface area contributed by atoms with Gasteiger partial charge in [-0.15, -0.1) is 0 Å². The summed E-state index contributed by atoms with van der Waals surface area (Å²) in [4.78, 5) is 12.6. The first-order chi connectivity index (χ1) is 14.5. The lowest BCUT2D eigenvalue weighted by Gasteiger charge is -2.37. The molecule has 3 rings (SSSR count). The molecular weight excluding hydrogens is 401 g/mol. The van der Waals surface area contributed by atoms with Gasteiger partial charge in [0.2, 0.25) is 6.41 Å². The van der Waals surface area contributed by atoms with Crippen LogP contribution in [0.15, 0.2) is 24.3 Å². The van der Waals surface area contributed by atoms with Crippen LogP contribution in [0.4, 0.5) is 10.1 Å². The van der Waals surface area contributed by atoms with Gasteiger partial charge in [-0.1, -0.05) is 6.07 Å². The van der Waals surface area contributed by atoms with Crippen molar-refractivity contribution in [1.82, 2.24) is 0 Å². The molecule has 0 radical (unpaired) electrons. The Labute approximate surface area is 182 Å². The molecule has 0 aromatic heterocycles. The van der Waals surface area contributed by atoms with Crippen LogP contribution >= 0.6 is 0 Å². The van der Waals surface area contributed by atoms with E-state index in [1.54, 1.807) is 4.90 Å². The standard InChI is InChI=1S/C24H30FNO5/c1-14-15(2)20(8-6-16(14)7-9-21(27)28)31-13-18-11-19(25)10-17-12-24(3,4)26(22(17)18)23(29)30-5/h6,8,10-11,23,29H,7,9,12-13H2,1-5H3,(H,27,28). The van der Waals surface area contributed by atoms with Crippen LogP contribution < -0.4 is 9.64 Å². The van der Waals surface area contributed by atoms with E-state index in [4.69, 9.17) is 14.6 Å². The lowest BCUT2D eigenvalue weighted by Crippen LogP contribution is -2.49. The zero-order valence-electron chi connectivity index (χ0n) is 18.7. The average molecular weight is 432 g/mol. The zero-order valence-corrected chi connectivity index (χ0v) is 18.7. The van der Waals surface area contributed by atoms with E-state index in [-0.39, 0.29) is 18.8 Å². The SMILES string of the molecule is COC(O)N1c2c(COc3ccc(CCC(=O)O)c(C)c3C)cc(F)cc2CC1(C)C. The predicted octanol–water partition coefficient (Wildman–Crippen LogP) is 4.10. The third-order valence-corrected chi connectivity index (χ3v) is 6.02. The van der Waals surface area contributed by atoms with Crippen LogP contribution in [0.2, 0.25) is 0 Å². The topological polar surface area (TPSA) is 79.2 Å². The molecule has 0 aliphatic carbocycles. The summed E-state index contributed by atoms with van der Waals surface area (Å²) < 4.78 is 25.6. The second-order valence-electron chi connectivity index (χ2n) is 8.65. The van der Waals surface area contributed by atoms with Crippen molar-refractivity contribution in [3.63, 3.8) is 0 Å². The number of carboxylic acids is 1. The number of methoxy groups -OCH3 is 1. The molecular formula is C24H30FNO5. The first-order valence-corrected chi connectivity index (χ1v) is 10.3. The van der Waals surface area contributed by atoms with E-state index in [0.717, 1.165) is 27.9 Å². The molecule has 0 spiro atoms. The molecule has 0 saturated carbocycles. The number of hydrogen-bond acceptors (Lipinski definition) is 5. The summed E-state index contributed by atoms with van der Waals surface area (Å²) in [5.41, 5.74) is 4.59. The number of rotatable bonds is 8. The summed E-state index contributed by atoms with van der Waals surface area (Å²) in [5.74, 6) is -0.521. The van der Waals surface area contributed by atoms with E-state index in [9.17, 15) is 14.3 Å². The number of aliphatic hydroxyl groups excluding tert-OH is 1. The summed E-state index contributed by atoms with van der Waals surface area (Å²) in [6.45, 7) is 7.94. The number of carbonyl (C=O) groups is 1. The summed E-state index contributed by atoms with van der Waals surface area (Å²) in [6.07, 6.45) is -0.0516. The Morgan fingerprint density at radius 1 is 1.23 bits per heavy atom. The Bertz CT molecular complexity index is 988. The number of fused-ring (bicyclic) bond motifs is 1. The van der Waals surface area contributed by atoms with Crippen molar-refractivity contribution in [2.24, 2.45) is 0 Å². The quantitative estimate of drug-likeness (QED) is 0.613. The lowest BCUT2D eigenvalue weighted by atomic mass is 9.98. The van der Waals surface area contributed by atoms with Crippen molar-refractivity contribution in [1.29, 1.82) is 0 Å². The van der Waals surface area contributed by atoms with Gasteiger partial charge in [-0.2, -0.15) is 0 Å². The zero-order chi connectivity index (χ0) is 22.9. The van der Waals surface area contributed by atoms with Gasteiger partial charge in [0.15, 0.2) is 0 Å². The highest BCUT2D eigenvalue weighted by atomic mass is 19.1. The normalized spacial score (nSPS) is 15.6. The third kappa shape index (κ3) is 4.67. The van der Waals surface area contributed by atoms with E-state index < -0.39 is 17.9 Å². The van der Waals surface area contributed by atoms with Gasteiger partial charge in [-0.05, 0) is 81.0 Å². The van der Waals surface area contributed by atoms with Crippen molar-refractivity contribution in [3.05, 3.63) is 57.9 Å². The number of ether oxygens (including phenoxy) is 2. The van der Waals surface area contributed by atoms with E-state index in [2.05, 4.69) is 0 Å². The van der Waals surface area contributed by atoms with Crippen LogP contribution in [-0.4, -0.2) is 35.2 Å². The van der Waals surface area contributed by atoms with Gasteiger partial charge in [0.1, 0.15) is 18.2 Å². The predicted molar refractivity (Wildman–Crippen MR) is 116 cm³/mol. The van der Waals surface area contributed by atoms with Crippen molar-refractivity contribution in [3.8, 4) is 5.75 Å². The van der Waals surface area contributed by atoms with Gasteiger partial charge in [0.05, 0.1) is 5.69 Å². The first kappa shape index (κ1) is 23.0. The van der Waals surface area contributed by atoms with Crippen LogP contribution in [0.5, 0.6) is 5.75 Å². The summed E-state index contributed by atoms with van der Waals surface area (Å²) in [5, 5.41) is 19.4. The maximum Gasteiger partial charge on any atom is 0.303 e. The highest BCUT2D eigenvalue weighted by Crippen LogP contribution is 2.43. The number of aliphatic hydroxyl groups is 1. The molecule has 7 heteroatoms. The largest absolute Gasteiger partial charge is 0.489 e. The fourth-order valence-corrected chi connectivity index (χ4v) is 4.32. The Balaban J connectivity index is 1.89. The molecule has 1 heterocycles.